The summed E-state index contributed by atoms with van der Waals surface area (Å²) in [7, 11) is 0. The van der Waals surface area contributed by atoms with Crippen molar-refractivity contribution in [1.29, 1.82) is 0 Å². The number of nitrogens with zero attached hydrogens (tertiary/aromatic N) is 3. The molecule has 6 heteroatoms. The van der Waals surface area contributed by atoms with Crippen molar-refractivity contribution in [2.45, 2.75) is 5.88 Å². The highest BCUT2D eigenvalue weighted by molar-refractivity contribution is 6.17. The van der Waals surface area contributed by atoms with Gasteiger partial charge in [-0.2, -0.15) is 0 Å². The Labute approximate surface area is 67.2 Å². The minimum absolute atomic E-state index is 0.0266. The lowest BCUT2D eigenvalue weighted by Crippen LogP contribution is -1.96. The molecule has 0 unspecified atom stereocenters. The van der Waals surface area contributed by atoms with Crippen LogP contribution in [0, 0.1) is 10.1 Å². The molecule has 1 heterocycles. The van der Waals surface area contributed by atoms with Gasteiger partial charge in [0.15, 0.2) is 0 Å². The lowest BCUT2D eigenvalue weighted by atomic mass is 10.4. The number of alkyl halides is 1. The van der Waals surface area contributed by atoms with Gasteiger partial charge in [-0.1, -0.05) is 0 Å². The van der Waals surface area contributed by atoms with Crippen LogP contribution in [-0.4, -0.2) is 14.9 Å². The summed E-state index contributed by atoms with van der Waals surface area (Å²) in [6.45, 7) is 0. The summed E-state index contributed by atoms with van der Waals surface area (Å²) < 4.78 is 0. The van der Waals surface area contributed by atoms with Crippen LogP contribution in [0.2, 0.25) is 0 Å². The van der Waals surface area contributed by atoms with Crippen molar-refractivity contribution in [3.05, 3.63) is 28.3 Å². The van der Waals surface area contributed by atoms with E-state index in [2.05, 4.69) is 9.97 Å². The minimum Gasteiger partial charge on any atom is -0.258 e. The minimum atomic E-state index is -0.558. The van der Waals surface area contributed by atoms with Crippen molar-refractivity contribution in [2.24, 2.45) is 0 Å². The van der Waals surface area contributed by atoms with E-state index in [0.29, 0.717) is 0 Å². The molecular formula is C5H4ClN3O2. The first kappa shape index (κ1) is 7.87. The average Bonchev–Trinajstić information content (AvgIpc) is 2.04. The van der Waals surface area contributed by atoms with Crippen LogP contribution in [0.1, 0.15) is 5.69 Å². The Morgan fingerprint density at radius 2 is 2.45 bits per heavy atom. The van der Waals surface area contributed by atoms with Gasteiger partial charge in [-0.25, -0.2) is 9.97 Å². The van der Waals surface area contributed by atoms with Gasteiger partial charge < -0.3 is 0 Å². The molecule has 0 saturated heterocycles. The second kappa shape index (κ2) is 3.25. The lowest BCUT2D eigenvalue weighted by Gasteiger charge is -1.93. The van der Waals surface area contributed by atoms with Crippen LogP contribution in [0.4, 0.5) is 5.69 Å². The Kier molecular flexibility index (Phi) is 2.32. The normalized spacial score (nSPS) is 9.55. The summed E-state index contributed by atoms with van der Waals surface area (Å²) in [5.41, 5.74) is 0.106. The van der Waals surface area contributed by atoms with Crippen LogP contribution in [0.15, 0.2) is 12.5 Å². The van der Waals surface area contributed by atoms with E-state index < -0.39 is 4.92 Å². The van der Waals surface area contributed by atoms with Gasteiger partial charge >= 0.3 is 5.69 Å². The van der Waals surface area contributed by atoms with E-state index in [0.717, 1.165) is 6.20 Å². The van der Waals surface area contributed by atoms with Gasteiger partial charge in [0.05, 0.1) is 10.8 Å². The molecule has 0 aromatic carbocycles. The van der Waals surface area contributed by atoms with Crippen LogP contribution >= 0.6 is 11.6 Å². The van der Waals surface area contributed by atoms with Gasteiger partial charge in [-0.05, 0) is 0 Å². The van der Waals surface area contributed by atoms with Crippen molar-refractivity contribution in [3.8, 4) is 0 Å². The molecule has 0 aliphatic heterocycles. The maximum atomic E-state index is 10.2. The molecule has 0 aliphatic carbocycles. The first-order valence-electron chi connectivity index (χ1n) is 2.75. The highest BCUT2D eigenvalue weighted by Crippen LogP contribution is 2.14. The maximum Gasteiger partial charge on any atom is 0.310 e. The van der Waals surface area contributed by atoms with E-state index in [1.54, 1.807) is 0 Å². The highest BCUT2D eigenvalue weighted by Gasteiger charge is 2.12. The molecule has 1 aromatic rings. The SMILES string of the molecule is O=[N+]([O-])c1cncnc1CCl. The molecular weight excluding hydrogens is 170 g/mol. The molecule has 0 N–H and O–H groups in total. The standard InChI is InChI=1S/C5H4ClN3O2/c6-1-4-5(9(10)11)2-7-3-8-4/h2-3H,1H2. The van der Waals surface area contributed by atoms with Crippen molar-refractivity contribution in [1.82, 2.24) is 9.97 Å². The zero-order valence-electron chi connectivity index (χ0n) is 5.40. The van der Waals surface area contributed by atoms with E-state index in [4.69, 9.17) is 11.6 Å². The van der Waals surface area contributed by atoms with Crippen molar-refractivity contribution in [3.63, 3.8) is 0 Å². The molecule has 11 heavy (non-hydrogen) atoms. The van der Waals surface area contributed by atoms with Crippen LogP contribution < -0.4 is 0 Å². The fraction of sp³-hybridized carbons (Fsp3) is 0.200. The zero-order valence-corrected chi connectivity index (χ0v) is 6.15. The number of hydrogen-bond donors (Lipinski definition) is 0. The second-order valence-corrected chi connectivity index (χ2v) is 2.01. The van der Waals surface area contributed by atoms with E-state index in [1.807, 2.05) is 0 Å². The number of rotatable bonds is 2. The molecule has 0 saturated carbocycles. The molecule has 0 radical (unpaired) electrons. The fourth-order valence-electron chi connectivity index (χ4n) is 0.603. The molecule has 1 rings (SSSR count). The predicted octanol–water partition coefficient (Wildman–Crippen LogP) is 1.12. The van der Waals surface area contributed by atoms with Crippen molar-refractivity contribution < 1.29 is 4.92 Å². The van der Waals surface area contributed by atoms with Crippen LogP contribution in [-0.2, 0) is 5.88 Å². The van der Waals surface area contributed by atoms with Gasteiger partial charge in [-0.3, -0.25) is 10.1 Å². The number of aromatic nitrogens is 2. The third-order valence-corrected chi connectivity index (χ3v) is 1.35. The van der Waals surface area contributed by atoms with E-state index in [-0.39, 0.29) is 17.3 Å². The summed E-state index contributed by atoms with van der Waals surface area (Å²) in [6.07, 6.45) is 2.36. The summed E-state index contributed by atoms with van der Waals surface area (Å²) in [5.74, 6) is 0.0266. The molecule has 0 bridgehead atoms. The molecule has 5 nitrogen and oxygen atoms in total. The van der Waals surface area contributed by atoms with Crippen molar-refractivity contribution >= 4 is 17.3 Å². The third-order valence-electron chi connectivity index (χ3n) is 1.10. The Balaban J connectivity index is 3.12. The smallest absolute Gasteiger partial charge is 0.258 e. The summed E-state index contributed by atoms with van der Waals surface area (Å²) in [5, 5.41) is 10.2. The third kappa shape index (κ3) is 1.62. The summed E-state index contributed by atoms with van der Waals surface area (Å²) in [4.78, 5) is 16.8. The highest BCUT2D eigenvalue weighted by atomic mass is 35.5. The Morgan fingerprint density at radius 3 is 2.91 bits per heavy atom. The monoisotopic (exact) mass is 173 g/mol. The number of nitro groups is 1. The van der Waals surface area contributed by atoms with E-state index in [1.165, 1.54) is 6.33 Å². The van der Waals surface area contributed by atoms with Crippen LogP contribution in [0.3, 0.4) is 0 Å². The van der Waals surface area contributed by atoms with Gasteiger partial charge in [0.2, 0.25) is 0 Å². The van der Waals surface area contributed by atoms with Crippen molar-refractivity contribution in [2.75, 3.05) is 0 Å². The van der Waals surface area contributed by atoms with Gasteiger partial charge in [0.25, 0.3) is 0 Å². The molecule has 1 aromatic heterocycles. The van der Waals surface area contributed by atoms with Gasteiger partial charge in [0, 0.05) is 0 Å². The predicted molar refractivity (Wildman–Crippen MR) is 38.2 cm³/mol. The lowest BCUT2D eigenvalue weighted by molar-refractivity contribution is -0.386. The number of halogens is 1. The van der Waals surface area contributed by atoms with E-state index >= 15 is 0 Å². The Hall–Kier alpha value is -1.23. The van der Waals surface area contributed by atoms with Crippen LogP contribution in [0.5, 0.6) is 0 Å². The topological polar surface area (TPSA) is 68.9 Å². The second-order valence-electron chi connectivity index (χ2n) is 1.75. The molecule has 58 valence electrons. The average molecular weight is 174 g/mol. The largest absolute Gasteiger partial charge is 0.310 e. The first-order valence-corrected chi connectivity index (χ1v) is 3.28. The fourth-order valence-corrected chi connectivity index (χ4v) is 0.809. The molecule has 0 fully saturated rings. The molecule has 0 aliphatic rings. The Morgan fingerprint density at radius 1 is 1.73 bits per heavy atom. The van der Waals surface area contributed by atoms with Gasteiger partial charge in [-0.15, -0.1) is 11.6 Å². The van der Waals surface area contributed by atoms with E-state index in [9.17, 15) is 10.1 Å². The maximum absolute atomic E-state index is 10.2. The van der Waals surface area contributed by atoms with Gasteiger partial charge in [0.1, 0.15) is 18.2 Å². The molecule has 0 amide bonds. The summed E-state index contributed by atoms with van der Waals surface area (Å²) in [6, 6.07) is 0. The van der Waals surface area contributed by atoms with Crippen LogP contribution in [0.25, 0.3) is 0 Å². The first-order chi connectivity index (χ1) is 5.25. The Bertz CT molecular complexity index is 278. The molecule has 0 spiro atoms. The summed E-state index contributed by atoms with van der Waals surface area (Å²) >= 11 is 5.38. The zero-order chi connectivity index (χ0) is 8.27. The molecule has 0 atom stereocenters. The number of hydrogen-bond acceptors (Lipinski definition) is 4. The quantitative estimate of drug-likeness (QED) is 0.382.